The molecule has 0 heterocycles. The van der Waals surface area contributed by atoms with Crippen molar-refractivity contribution < 1.29 is 17.4 Å². The zero-order valence-electron chi connectivity index (χ0n) is 20.0. The molecule has 2 aliphatic rings. The zero-order valence-corrected chi connectivity index (χ0v) is 23.9. The predicted molar refractivity (Wildman–Crippen MR) is 133 cm³/mol. The van der Waals surface area contributed by atoms with E-state index in [2.05, 4.69) is 106 Å². The third kappa shape index (κ3) is 3.18. The average molecular weight is 492 g/mol. The van der Waals surface area contributed by atoms with Crippen LogP contribution in [0.15, 0.2) is 68.5 Å². The van der Waals surface area contributed by atoms with Gasteiger partial charge in [-0.05, 0) is 0 Å². The van der Waals surface area contributed by atoms with Gasteiger partial charge < -0.3 is 0 Å². The summed E-state index contributed by atoms with van der Waals surface area (Å²) in [6, 6.07) is 16.1. The van der Waals surface area contributed by atoms with Crippen LogP contribution in [-0.4, -0.2) is 6.88 Å². The van der Waals surface area contributed by atoms with Crippen molar-refractivity contribution in [1.82, 2.24) is 0 Å². The van der Waals surface area contributed by atoms with E-state index in [-0.39, 0.29) is 0 Å². The molecule has 0 saturated heterocycles. The Morgan fingerprint density at radius 3 is 2.13 bits per heavy atom. The molecule has 0 spiro atoms. The molecule has 0 amide bonds. The van der Waals surface area contributed by atoms with Gasteiger partial charge in [0.2, 0.25) is 0 Å². The number of fused-ring (bicyclic) bond motifs is 1. The molecule has 2 aliphatic carbocycles. The van der Waals surface area contributed by atoms with Crippen molar-refractivity contribution in [3.8, 4) is 0 Å². The summed E-state index contributed by atoms with van der Waals surface area (Å²) < 4.78 is 7.78. The number of allylic oxidation sites excluding steroid dienone is 5. The molecule has 0 saturated carbocycles. The van der Waals surface area contributed by atoms with Crippen molar-refractivity contribution in [2.24, 2.45) is 5.92 Å². The average Bonchev–Trinajstić information content (AvgIpc) is 3.17. The molecular formula is C28H36SiZr. The molecular weight excluding hydrogens is 456 g/mol. The van der Waals surface area contributed by atoms with E-state index in [4.69, 9.17) is 0 Å². The SMILES string of the molecule is CC1=C(C)C(C)[C]([Zr]([CH3])([CH3])(=[SiH2])[CH]2C=C(c3cc(C)ccc3C)c3ccccc32)=C1C. The van der Waals surface area contributed by atoms with Gasteiger partial charge in [-0.1, -0.05) is 0 Å². The molecule has 0 radical (unpaired) electrons. The monoisotopic (exact) mass is 490 g/mol. The Bertz CT molecular complexity index is 1230. The second-order valence-corrected chi connectivity index (χ2v) is 40.4. The van der Waals surface area contributed by atoms with Crippen LogP contribution in [0.2, 0.25) is 9.26 Å². The van der Waals surface area contributed by atoms with Crippen LogP contribution >= 0.6 is 0 Å². The minimum atomic E-state index is -3.33. The Hall–Kier alpha value is -1.24. The van der Waals surface area contributed by atoms with Gasteiger partial charge in [-0.2, -0.15) is 0 Å². The van der Waals surface area contributed by atoms with Crippen LogP contribution in [0.1, 0.15) is 59.1 Å². The van der Waals surface area contributed by atoms with Gasteiger partial charge in [-0.15, -0.1) is 0 Å². The van der Waals surface area contributed by atoms with Crippen LogP contribution in [0.25, 0.3) is 5.57 Å². The van der Waals surface area contributed by atoms with Gasteiger partial charge in [-0.25, -0.2) is 0 Å². The number of aryl methyl sites for hydroxylation is 2. The second-order valence-electron chi connectivity index (χ2n) is 10.8. The van der Waals surface area contributed by atoms with E-state index in [1.54, 1.807) is 22.3 Å². The first-order valence-electron chi connectivity index (χ1n) is 11.3. The van der Waals surface area contributed by atoms with Crippen molar-refractivity contribution in [2.75, 3.05) is 0 Å². The van der Waals surface area contributed by atoms with Gasteiger partial charge in [-0.3, -0.25) is 0 Å². The quantitative estimate of drug-likeness (QED) is 0.393. The van der Waals surface area contributed by atoms with Crippen molar-refractivity contribution in [1.29, 1.82) is 0 Å². The van der Waals surface area contributed by atoms with Crippen molar-refractivity contribution in [2.45, 2.75) is 54.4 Å². The first-order chi connectivity index (χ1) is 13.9. The summed E-state index contributed by atoms with van der Waals surface area (Å²) in [5, 5.41) is 0. The summed E-state index contributed by atoms with van der Waals surface area (Å²) in [6.07, 6.45) is 2.67. The zero-order chi connectivity index (χ0) is 22.0. The van der Waals surface area contributed by atoms with Gasteiger partial charge in [0, 0.05) is 0 Å². The van der Waals surface area contributed by atoms with Crippen LogP contribution in [0.3, 0.4) is 0 Å². The van der Waals surface area contributed by atoms with Gasteiger partial charge >= 0.3 is 187 Å². The van der Waals surface area contributed by atoms with E-state index in [1.807, 2.05) is 3.28 Å². The Morgan fingerprint density at radius 2 is 1.50 bits per heavy atom. The van der Waals surface area contributed by atoms with E-state index in [9.17, 15) is 0 Å². The maximum atomic E-state index is 2.70. The van der Waals surface area contributed by atoms with Gasteiger partial charge in [0.15, 0.2) is 0 Å². The molecule has 4 rings (SSSR count). The molecule has 2 heteroatoms. The molecule has 0 aromatic heterocycles. The first kappa shape index (κ1) is 22.0. The van der Waals surface area contributed by atoms with Crippen LogP contribution in [-0.2, 0) is 17.4 Å². The van der Waals surface area contributed by atoms with Crippen molar-refractivity contribution in [3.05, 3.63) is 96.4 Å². The Balaban J connectivity index is 1.97. The standard InChI is InChI=1S/C17H15.C9H13.2CH3.H2Si.Zr/c1-12-7-8-13(2)17(11-12)16-10-9-14-5-3-4-6-15(14)16;1-6-5-7(2)9(4)8(6)3;;;;/h3-11H,1-2H3;6H,1-4H3;2*1H3;1H2;. The van der Waals surface area contributed by atoms with Crippen molar-refractivity contribution >= 4 is 12.5 Å². The number of hydrogen-bond donors (Lipinski definition) is 0. The molecule has 156 valence electrons. The Kier molecular flexibility index (Phi) is 5.23. The summed E-state index contributed by atoms with van der Waals surface area (Å²) in [6.45, 7) is 16.4. The summed E-state index contributed by atoms with van der Waals surface area (Å²) >= 11 is -3.33. The van der Waals surface area contributed by atoms with Crippen LogP contribution in [0.5, 0.6) is 0 Å². The predicted octanol–water partition coefficient (Wildman–Crippen LogP) is 7.38. The van der Waals surface area contributed by atoms with Crippen molar-refractivity contribution in [3.63, 3.8) is 0 Å². The molecule has 0 bridgehead atoms. The van der Waals surface area contributed by atoms with E-state index < -0.39 is 17.4 Å². The first-order valence-corrected chi connectivity index (χ1v) is 24.8. The minimum absolute atomic E-state index is 0.557. The Morgan fingerprint density at radius 1 is 0.833 bits per heavy atom. The third-order valence-corrected chi connectivity index (χ3v) is 25.4. The van der Waals surface area contributed by atoms with E-state index in [0.717, 1.165) is 0 Å². The van der Waals surface area contributed by atoms with Gasteiger partial charge in [0.1, 0.15) is 0 Å². The summed E-state index contributed by atoms with van der Waals surface area (Å²) in [5.74, 6) is 0.591. The van der Waals surface area contributed by atoms with Gasteiger partial charge in [0.25, 0.3) is 0 Å². The van der Waals surface area contributed by atoms with E-state index in [1.165, 1.54) is 27.8 Å². The number of benzene rings is 2. The van der Waals surface area contributed by atoms with E-state index in [0.29, 0.717) is 9.54 Å². The van der Waals surface area contributed by atoms with E-state index >= 15 is 0 Å². The van der Waals surface area contributed by atoms with Crippen LogP contribution in [0.4, 0.5) is 0 Å². The molecule has 0 aliphatic heterocycles. The number of hydrogen-bond acceptors (Lipinski definition) is 0. The Labute approximate surface area is 185 Å². The summed E-state index contributed by atoms with van der Waals surface area (Å²) in [5.41, 5.74) is 13.3. The second kappa shape index (κ2) is 7.14. The normalized spacial score (nSPS) is 22.0. The fourth-order valence-electron chi connectivity index (χ4n) is 6.24. The topological polar surface area (TPSA) is 0 Å². The van der Waals surface area contributed by atoms with Crippen LogP contribution in [0, 0.1) is 19.8 Å². The molecule has 2 aromatic rings. The fourth-order valence-corrected chi connectivity index (χ4v) is 24.8. The molecule has 30 heavy (non-hydrogen) atoms. The summed E-state index contributed by atoms with van der Waals surface area (Å²) in [7, 11) is 0. The maximum absolute atomic E-state index is 3.33. The molecule has 2 aromatic carbocycles. The molecule has 0 fully saturated rings. The van der Waals surface area contributed by atoms with Crippen LogP contribution < -0.4 is 0 Å². The summed E-state index contributed by atoms with van der Waals surface area (Å²) in [4.78, 5) is 0. The number of rotatable bonds is 3. The third-order valence-electron chi connectivity index (χ3n) is 8.13. The molecule has 2 unspecified atom stereocenters. The molecule has 0 N–H and O–H groups in total. The van der Waals surface area contributed by atoms with Gasteiger partial charge in [0.05, 0.1) is 0 Å². The fraction of sp³-hybridized carbons (Fsp3) is 0.357. The molecule has 0 nitrogen and oxygen atoms in total. The molecule has 2 atom stereocenters.